The second-order valence-electron chi connectivity index (χ2n) is 8.10. The van der Waals surface area contributed by atoms with E-state index in [4.69, 9.17) is 33.2 Å². The van der Waals surface area contributed by atoms with Gasteiger partial charge in [0.2, 0.25) is 0 Å². The molecule has 0 fully saturated rings. The highest BCUT2D eigenvalue weighted by atomic mass is 16.6. The summed E-state index contributed by atoms with van der Waals surface area (Å²) in [6, 6.07) is 9.14. The van der Waals surface area contributed by atoms with Crippen molar-refractivity contribution < 1.29 is 42.7 Å². The van der Waals surface area contributed by atoms with E-state index in [-0.39, 0.29) is 37.6 Å². The maximum atomic E-state index is 12.0. The maximum absolute atomic E-state index is 12.0. The minimum atomic E-state index is -0.656. The molecule has 36 heavy (non-hydrogen) atoms. The van der Waals surface area contributed by atoms with Crippen LogP contribution in [0.2, 0.25) is 0 Å². The van der Waals surface area contributed by atoms with E-state index >= 15 is 0 Å². The van der Waals surface area contributed by atoms with Gasteiger partial charge in [-0.15, -0.1) is 0 Å². The summed E-state index contributed by atoms with van der Waals surface area (Å²) in [5, 5.41) is 1.47. The van der Waals surface area contributed by atoms with E-state index in [2.05, 4.69) is 13.2 Å². The highest BCUT2D eigenvalue weighted by Gasteiger charge is 2.21. The number of esters is 2. The Bertz CT molecular complexity index is 1080. The quantitative estimate of drug-likeness (QED) is 0.265. The van der Waals surface area contributed by atoms with Gasteiger partial charge in [-0.25, -0.2) is 9.59 Å². The van der Waals surface area contributed by atoms with Crippen LogP contribution in [-0.4, -0.2) is 71.9 Å². The van der Waals surface area contributed by atoms with Gasteiger partial charge in [-0.3, -0.25) is 0 Å². The summed E-state index contributed by atoms with van der Waals surface area (Å²) in [6.45, 7) is 10.7. The second-order valence-corrected chi connectivity index (χ2v) is 8.10. The SMILES string of the molecule is C=C(C)C(=O)OC(COC)COc1cc(OC)c(OCC(COC)OC(=O)C(=C)C)c2ccccc12. The zero-order valence-corrected chi connectivity index (χ0v) is 21.5. The molecule has 0 bridgehead atoms. The Morgan fingerprint density at radius 1 is 0.750 bits per heavy atom. The Balaban J connectivity index is 2.30. The van der Waals surface area contributed by atoms with Crippen LogP contribution in [0.15, 0.2) is 54.6 Å². The highest BCUT2D eigenvalue weighted by Crippen LogP contribution is 2.41. The topological polar surface area (TPSA) is 98.8 Å². The lowest BCUT2D eigenvalue weighted by atomic mass is 10.1. The van der Waals surface area contributed by atoms with Crippen LogP contribution in [0, 0.1) is 0 Å². The summed E-state index contributed by atoms with van der Waals surface area (Å²) in [5.74, 6) is 0.316. The lowest BCUT2D eigenvalue weighted by Crippen LogP contribution is -2.30. The van der Waals surface area contributed by atoms with Gasteiger partial charge in [0.1, 0.15) is 19.0 Å². The van der Waals surface area contributed by atoms with Crippen LogP contribution < -0.4 is 14.2 Å². The third-order valence-electron chi connectivity index (χ3n) is 4.93. The second kappa shape index (κ2) is 14.1. The molecule has 0 radical (unpaired) electrons. The van der Waals surface area contributed by atoms with Crippen LogP contribution in [-0.2, 0) is 28.5 Å². The van der Waals surface area contributed by atoms with Crippen molar-refractivity contribution in [3.05, 3.63) is 54.6 Å². The number of rotatable bonds is 15. The molecule has 0 amide bonds. The number of hydrogen-bond acceptors (Lipinski definition) is 9. The zero-order chi connectivity index (χ0) is 26.7. The summed E-state index contributed by atoms with van der Waals surface area (Å²) in [4.78, 5) is 23.9. The lowest BCUT2D eigenvalue weighted by molar-refractivity contribution is -0.149. The average molecular weight is 503 g/mol. The monoisotopic (exact) mass is 502 g/mol. The molecule has 0 saturated carbocycles. The molecule has 0 N–H and O–H groups in total. The van der Waals surface area contributed by atoms with E-state index in [1.165, 1.54) is 21.3 Å². The molecule has 9 heteroatoms. The summed E-state index contributed by atoms with van der Waals surface area (Å²) in [6.07, 6.45) is -1.30. The van der Waals surface area contributed by atoms with Crippen molar-refractivity contribution in [1.82, 2.24) is 0 Å². The van der Waals surface area contributed by atoms with E-state index in [9.17, 15) is 9.59 Å². The third-order valence-corrected chi connectivity index (χ3v) is 4.93. The Morgan fingerprint density at radius 2 is 1.25 bits per heavy atom. The smallest absolute Gasteiger partial charge is 0.333 e. The molecule has 2 aromatic carbocycles. The van der Waals surface area contributed by atoms with E-state index < -0.39 is 24.1 Å². The molecular weight excluding hydrogens is 468 g/mol. The molecule has 9 nitrogen and oxygen atoms in total. The van der Waals surface area contributed by atoms with Gasteiger partial charge in [0.05, 0.1) is 20.3 Å². The summed E-state index contributed by atoms with van der Waals surface area (Å²) >= 11 is 0. The van der Waals surface area contributed by atoms with Gasteiger partial charge in [0, 0.05) is 42.2 Å². The first-order valence-electron chi connectivity index (χ1n) is 11.3. The Hall–Kier alpha value is -3.56. The van der Waals surface area contributed by atoms with Crippen molar-refractivity contribution in [3.63, 3.8) is 0 Å². The molecule has 2 rings (SSSR count). The van der Waals surface area contributed by atoms with Crippen molar-refractivity contribution in [2.24, 2.45) is 0 Å². The average Bonchev–Trinajstić information content (AvgIpc) is 2.85. The van der Waals surface area contributed by atoms with Crippen molar-refractivity contribution in [2.45, 2.75) is 26.1 Å². The van der Waals surface area contributed by atoms with Crippen LogP contribution in [0.1, 0.15) is 13.8 Å². The third kappa shape index (κ3) is 8.00. The van der Waals surface area contributed by atoms with Crippen molar-refractivity contribution >= 4 is 22.7 Å². The van der Waals surface area contributed by atoms with Gasteiger partial charge in [-0.05, 0) is 13.8 Å². The van der Waals surface area contributed by atoms with Crippen molar-refractivity contribution in [2.75, 3.05) is 47.8 Å². The first kappa shape index (κ1) is 28.7. The van der Waals surface area contributed by atoms with Crippen LogP contribution in [0.4, 0.5) is 0 Å². The van der Waals surface area contributed by atoms with Gasteiger partial charge in [-0.2, -0.15) is 0 Å². The molecule has 0 aromatic heterocycles. The molecule has 0 aliphatic rings. The first-order chi connectivity index (χ1) is 17.2. The van der Waals surface area contributed by atoms with Crippen molar-refractivity contribution in [3.8, 4) is 17.2 Å². The van der Waals surface area contributed by atoms with Gasteiger partial charge < -0.3 is 33.2 Å². The number of benzene rings is 2. The predicted octanol–water partition coefficient (Wildman–Crippen LogP) is 3.87. The normalized spacial score (nSPS) is 12.4. The number of fused-ring (bicyclic) bond motifs is 1. The number of methoxy groups -OCH3 is 3. The Morgan fingerprint density at radius 3 is 1.72 bits per heavy atom. The fraction of sp³-hybridized carbons (Fsp3) is 0.407. The molecule has 0 heterocycles. The number of carbonyl (C=O) groups excluding carboxylic acids is 2. The standard InChI is InChI=1S/C27H34O9/c1-17(2)26(28)35-19(13-30-5)15-33-23-12-24(32-7)25(22-11-9-8-10-21(22)23)34-16-20(14-31-6)36-27(29)18(3)4/h8-12,19-20H,1,3,13-16H2,2,4-7H3. The molecule has 2 unspecified atom stereocenters. The number of ether oxygens (including phenoxy) is 7. The van der Waals surface area contributed by atoms with E-state index in [0.29, 0.717) is 17.2 Å². The molecule has 0 spiro atoms. The number of carbonyl (C=O) groups is 2. The van der Waals surface area contributed by atoms with Gasteiger partial charge in [-0.1, -0.05) is 37.4 Å². The van der Waals surface area contributed by atoms with Crippen LogP contribution in [0.3, 0.4) is 0 Å². The summed E-state index contributed by atoms with van der Waals surface area (Å²) in [5.41, 5.74) is 0.562. The van der Waals surface area contributed by atoms with E-state index in [0.717, 1.165) is 10.8 Å². The van der Waals surface area contributed by atoms with E-state index in [1.807, 2.05) is 24.3 Å². The number of hydrogen-bond donors (Lipinski definition) is 0. The van der Waals surface area contributed by atoms with Crippen LogP contribution in [0.25, 0.3) is 10.8 Å². The molecule has 2 aromatic rings. The van der Waals surface area contributed by atoms with E-state index in [1.54, 1.807) is 19.9 Å². The Labute approximate surface area is 211 Å². The largest absolute Gasteiger partial charge is 0.493 e. The molecule has 2 atom stereocenters. The fourth-order valence-corrected chi connectivity index (χ4v) is 3.18. The van der Waals surface area contributed by atoms with Gasteiger partial charge in [0.25, 0.3) is 0 Å². The minimum absolute atomic E-state index is 0.0280. The maximum Gasteiger partial charge on any atom is 0.333 e. The lowest BCUT2D eigenvalue weighted by Gasteiger charge is -2.22. The molecule has 0 aliphatic carbocycles. The summed E-state index contributed by atoms with van der Waals surface area (Å²) < 4.78 is 38.8. The van der Waals surface area contributed by atoms with Gasteiger partial charge in [0.15, 0.2) is 23.7 Å². The molecule has 0 saturated heterocycles. The Kier molecular flexibility index (Phi) is 11.2. The first-order valence-corrected chi connectivity index (χ1v) is 11.3. The molecule has 196 valence electrons. The van der Waals surface area contributed by atoms with Crippen molar-refractivity contribution in [1.29, 1.82) is 0 Å². The molecular formula is C27H34O9. The highest BCUT2D eigenvalue weighted by molar-refractivity contribution is 5.95. The zero-order valence-electron chi connectivity index (χ0n) is 21.5. The van der Waals surface area contributed by atoms with Gasteiger partial charge >= 0.3 is 11.9 Å². The van der Waals surface area contributed by atoms with Crippen LogP contribution >= 0.6 is 0 Å². The molecule has 0 aliphatic heterocycles. The fourth-order valence-electron chi connectivity index (χ4n) is 3.18. The minimum Gasteiger partial charge on any atom is -0.493 e. The predicted molar refractivity (Wildman–Crippen MR) is 135 cm³/mol. The summed E-state index contributed by atoms with van der Waals surface area (Å²) in [7, 11) is 4.53. The van der Waals surface area contributed by atoms with Crippen LogP contribution in [0.5, 0.6) is 17.2 Å².